The maximum Gasteiger partial charge on any atom is 0.131 e. The van der Waals surface area contributed by atoms with Crippen LogP contribution in [0.1, 0.15) is 24.8 Å². The van der Waals surface area contributed by atoms with Crippen LogP contribution in [0.3, 0.4) is 0 Å². The van der Waals surface area contributed by atoms with Gasteiger partial charge in [0, 0.05) is 4.47 Å². The topological polar surface area (TPSA) is 59.1 Å². The minimum atomic E-state index is 0.0526. The van der Waals surface area contributed by atoms with Crippen LogP contribution in [0.5, 0.6) is 5.75 Å². The molecule has 0 atom stereocenters. The Balaban J connectivity index is 2.24. The van der Waals surface area contributed by atoms with Crippen molar-refractivity contribution >= 4 is 21.8 Å². The zero-order valence-electron chi connectivity index (χ0n) is 8.29. The molecule has 1 aliphatic carbocycles. The highest BCUT2D eigenvalue weighted by atomic mass is 79.9. The first-order chi connectivity index (χ1) is 7.16. The highest BCUT2D eigenvalue weighted by Crippen LogP contribution is 2.29. The molecule has 1 fully saturated rings. The third-order valence-corrected chi connectivity index (χ3v) is 3.07. The van der Waals surface area contributed by atoms with E-state index in [9.17, 15) is 0 Å². The summed E-state index contributed by atoms with van der Waals surface area (Å²) in [5, 5.41) is 7.45. The summed E-state index contributed by atoms with van der Waals surface area (Å²) in [6.45, 7) is 0. The summed E-state index contributed by atoms with van der Waals surface area (Å²) in [5.41, 5.74) is 6.16. The van der Waals surface area contributed by atoms with E-state index in [4.69, 9.17) is 15.9 Å². The lowest BCUT2D eigenvalue weighted by Gasteiger charge is -2.27. The van der Waals surface area contributed by atoms with Crippen LogP contribution in [0.4, 0.5) is 0 Å². The van der Waals surface area contributed by atoms with Crippen molar-refractivity contribution < 1.29 is 4.74 Å². The third kappa shape index (κ3) is 2.31. The van der Waals surface area contributed by atoms with Crippen LogP contribution in [0.25, 0.3) is 0 Å². The number of halogens is 1. The first-order valence-corrected chi connectivity index (χ1v) is 5.77. The van der Waals surface area contributed by atoms with E-state index in [2.05, 4.69) is 15.9 Å². The van der Waals surface area contributed by atoms with Gasteiger partial charge in [-0.1, -0.05) is 15.9 Å². The minimum Gasteiger partial charge on any atom is -0.490 e. The molecule has 0 spiro atoms. The Hall–Kier alpha value is -1.03. The van der Waals surface area contributed by atoms with Crippen LogP contribution < -0.4 is 10.5 Å². The molecule has 0 aliphatic heterocycles. The monoisotopic (exact) mass is 268 g/mol. The van der Waals surface area contributed by atoms with Crippen molar-refractivity contribution in [1.29, 1.82) is 5.41 Å². The molecular formula is C11H13BrN2O. The average Bonchev–Trinajstić information content (AvgIpc) is 2.11. The smallest absolute Gasteiger partial charge is 0.131 e. The van der Waals surface area contributed by atoms with Gasteiger partial charge in [0.05, 0.1) is 11.7 Å². The Morgan fingerprint density at radius 2 is 2.20 bits per heavy atom. The SMILES string of the molecule is N=C(N)c1ccc(Br)cc1OC1CCC1. The van der Waals surface area contributed by atoms with Gasteiger partial charge in [-0.2, -0.15) is 0 Å². The summed E-state index contributed by atoms with van der Waals surface area (Å²) in [7, 11) is 0. The first-order valence-electron chi connectivity index (χ1n) is 4.97. The summed E-state index contributed by atoms with van der Waals surface area (Å²) in [6.07, 6.45) is 3.74. The Morgan fingerprint density at radius 3 is 2.73 bits per heavy atom. The largest absolute Gasteiger partial charge is 0.490 e. The van der Waals surface area contributed by atoms with E-state index >= 15 is 0 Å². The number of rotatable bonds is 3. The van der Waals surface area contributed by atoms with Gasteiger partial charge >= 0.3 is 0 Å². The van der Waals surface area contributed by atoms with Gasteiger partial charge in [-0.25, -0.2) is 0 Å². The van der Waals surface area contributed by atoms with Gasteiger partial charge in [0.25, 0.3) is 0 Å². The van der Waals surface area contributed by atoms with Gasteiger partial charge in [0.1, 0.15) is 11.6 Å². The van der Waals surface area contributed by atoms with Gasteiger partial charge in [0.15, 0.2) is 0 Å². The molecule has 80 valence electrons. The fraction of sp³-hybridized carbons (Fsp3) is 0.364. The molecule has 0 aromatic heterocycles. The van der Waals surface area contributed by atoms with Crippen LogP contribution in [0, 0.1) is 5.41 Å². The lowest BCUT2D eigenvalue weighted by molar-refractivity contribution is 0.120. The van der Waals surface area contributed by atoms with E-state index in [1.165, 1.54) is 6.42 Å². The molecule has 1 aliphatic rings. The molecule has 1 aromatic carbocycles. The fourth-order valence-electron chi connectivity index (χ4n) is 1.48. The maximum atomic E-state index is 7.45. The third-order valence-electron chi connectivity index (χ3n) is 2.58. The summed E-state index contributed by atoms with van der Waals surface area (Å²) in [6, 6.07) is 5.54. The number of amidine groups is 1. The maximum absolute atomic E-state index is 7.45. The van der Waals surface area contributed by atoms with Crippen LogP contribution >= 0.6 is 15.9 Å². The number of hydrogen-bond donors (Lipinski definition) is 2. The highest BCUT2D eigenvalue weighted by molar-refractivity contribution is 9.10. The van der Waals surface area contributed by atoms with Crippen molar-refractivity contribution in [1.82, 2.24) is 0 Å². The zero-order chi connectivity index (χ0) is 10.8. The summed E-state index contributed by atoms with van der Waals surface area (Å²) >= 11 is 3.38. The highest BCUT2D eigenvalue weighted by Gasteiger charge is 2.20. The van der Waals surface area contributed by atoms with E-state index in [1.54, 1.807) is 6.07 Å². The number of benzene rings is 1. The Kier molecular flexibility index (Phi) is 2.95. The van der Waals surface area contributed by atoms with Crippen molar-refractivity contribution in [3.05, 3.63) is 28.2 Å². The summed E-state index contributed by atoms with van der Waals surface area (Å²) < 4.78 is 6.72. The van der Waals surface area contributed by atoms with Crippen molar-refractivity contribution in [2.45, 2.75) is 25.4 Å². The van der Waals surface area contributed by atoms with Crippen LogP contribution in [0.15, 0.2) is 22.7 Å². The molecule has 0 heterocycles. The number of ether oxygens (including phenoxy) is 1. The Morgan fingerprint density at radius 1 is 1.47 bits per heavy atom. The standard InChI is InChI=1S/C11H13BrN2O/c12-7-4-5-9(11(13)14)10(6-7)15-8-2-1-3-8/h4-6,8H,1-3H2,(H3,13,14). The molecule has 1 saturated carbocycles. The summed E-state index contributed by atoms with van der Waals surface area (Å²) in [4.78, 5) is 0. The number of nitrogen functional groups attached to an aromatic ring is 1. The number of hydrogen-bond acceptors (Lipinski definition) is 2. The second kappa shape index (κ2) is 4.23. The number of nitrogens with two attached hydrogens (primary N) is 1. The molecule has 1 aromatic rings. The van der Waals surface area contributed by atoms with Crippen molar-refractivity contribution in [2.75, 3.05) is 0 Å². The Bertz CT molecular complexity index is 388. The summed E-state index contributed by atoms with van der Waals surface area (Å²) in [5.74, 6) is 0.762. The number of nitrogens with one attached hydrogen (secondary N) is 1. The molecule has 3 N–H and O–H groups in total. The van der Waals surface area contributed by atoms with E-state index in [1.807, 2.05) is 12.1 Å². The quantitative estimate of drug-likeness (QED) is 0.654. The lowest BCUT2D eigenvalue weighted by Crippen LogP contribution is -2.26. The van der Waals surface area contributed by atoms with Crippen molar-refractivity contribution in [3.63, 3.8) is 0 Å². The molecule has 4 heteroatoms. The van der Waals surface area contributed by atoms with E-state index in [0.29, 0.717) is 17.4 Å². The van der Waals surface area contributed by atoms with Gasteiger partial charge in [-0.3, -0.25) is 5.41 Å². The van der Waals surface area contributed by atoms with Gasteiger partial charge < -0.3 is 10.5 Å². The second-order valence-corrected chi connectivity index (χ2v) is 4.64. The van der Waals surface area contributed by atoms with Gasteiger partial charge in [0.2, 0.25) is 0 Å². The lowest BCUT2D eigenvalue weighted by atomic mass is 9.96. The molecule has 0 amide bonds. The van der Waals surface area contributed by atoms with Crippen LogP contribution in [-0.4, -0.2) is 11.9 Å². The molecule has 0 unspecified atom stereocenters. The van der Waals surface area contributed by atoms with E-state index < -0.39 is 0 Å². The second-order valence-electron chi connectivity index (χ2n) is 3.72. The molecule has 3 nitrogen and oxygen atoms in total. The fourth-order valence-corrected chi connectivity index (χ4v) is 1.82. The molecule has 15 heavy (non-hydrogen) atoms. The minimum absolute atomic E-state index is 0.0526. The molecule has 0 saturated heterocycles. The molecular weight excluding hydrogens is 256 g/mol. The Labute approximate surface area is 97.3 Å². The molecule has 0 bridgehead atoms. The van der Waals surface area contributed by atoms with Gasteiger partial charge in [-0.15, -0.1) is 0 Å². The predicted molar refractivity (Wildman–Crippen MR) is 63.4 cm³/mol. The molecule has 2 rings (SSSR count). The zero-order valence-corrected chi connectivity index (χ0v) is 9.88. The van der Waals surface area contributed by atoms with Gasteiger partial charge in [-0.05, 0) is 37.5 Å². The predicted octanol–water partition coefficient (Wildman–Crippen LogP) is 2.66. The van der Waals surface area contributed by atoms with E-state index in [0.717, 1.165) is 17.3 Å². The first kappa shape index (κ1) is 10.5. The van der Waals surface area contributed by atoms with Crippen LogP contribution in [-0.2, 0) is 0 Å². The van der Waals surface area contributed by atoms with E-state index in [-0.39, 0.29) is 5.84 Å². The van der Waals surface area contributed by atoms with Crippen molar-refractivity contribution in [3.8, 4) is 5.75 Å². The average molecular weight is 269 g/mol. The molecule has 0 radical (unpaired) electrons. The normalized spacial score (nSPS) is 15.8. The van der Waals surface area contributed by atoms with Crippen LogP contribution in [0.2, 0.25) is 0 Å². The van der Waals surface area contributed by atoms with Crippen molar-refractivity contribution in [2.24, 2.45) is 5.73 Å².